The highest BCUT2D eigenvalue weighted by Crippen LogP contribution is 2.40. The Morgan fingerprint density at radius 1 is 1.16 bits per heavy atom. The van der Waals surface area contributed by atoms with E-state index < -0.39 is 25.1 Å². The molecule has 0 N–H and O–H groups in total. The van der Waals surface area contributed by atoms with Crippen molar-refractivity contribution in [2.75, 3.05) is 58.0 Å². The summed E-state index contributed by atoms with van der Waals surface area (Å²) in [6, 6.07) is 3.51. The Hall–Kier alpha value is -2.31. The summed E-state index contributed by atoms with van der Waals surface area (Å²) in [5.74, 6) is 0.951. The number of piperazine rings is 1. The number of fused-ring (bicyclic) bond motifs is 1. The lowest BCUT2D eigenvalue weighted by molar-refractivity contribution is -0.127. The fourth-order valence-electron chi connectivity index (χ4n) is 4.03. The van der Waals surface area contributed by atoms with Gasteiger partial charge in [0.05, 0.1) is 23.9 Å². The summed E-state index contributed by atoms with van der Waals surface area (Å²) < 4.78 is 66.6. The maximum atomic E-state index is 12.8. The van der Waals surface area contributed by atoms with Crippen LogP contribution < -0.4 is 14.2 Å². The lowest BCUT2D eigenvalue weighted by Gasteiger charge is -2.34. The standard InChI is InChI=1S/C20H26N2O8S2/c1-28-17-12-15(13-18-20(17)30-10-9-29-18)2-3-19(23)21-5-7-22(8-6-21)32(26,27)16-4-11-31(24,25)14-16/h2-3,12-13,16H,4-11,14H2,1H3. The molecule has 0 aliphatic carbocycles. The van der Waals surface area contributed by atoms with E-state index in [9.17, 15) is 21.6 Å². The molecular weight excluding hydrogens is 460 g/mol. The average molecular weight is 487 g/mol. The summed E-state index contributed by atoms with van der Waals surface area (Å²) in [6.45, 7) is 1.66. The van der Waals surface area contributed by atoms with E-state index in [2.05, 4.69) is 0 Å². The van der Waals surface area contributed by atoms with Gasteiger partial charge < -0.3 is 19.1 Å². The summed E-state index contributed by atoms with van der Waals surface area (Å²) in [6.07, 6.45) is 3.21. The predicted octanol–water partition coefficient (Wildman–Crippen LogP) is 0.141. The van der Waals surface area contributed by atoms with E-state index in [1.807, 2.05) is 0 Å². The summed E-state index contributed by atoms with van der Waals surface area (Å²) in [5, 5.41) is -0.889. The SMILES string of the molecule is COc1cc(C=CC(=O)N2CCN(S(=O)(=O)C3CCS(=O)(=O)C3)CC2)cc2c1OCCO2. The number of hydrogen-bond donors (Lipinski definition) is 0. The molecule has 1 aromatic carbocycles. The Balaban J connectivity index is 1.37. The van der Waals surface area contributed by atoms with E-state index in [-0.39, 0.29) is 50.0 Å². The fourth-order valence-corrected chi connectivity index (χ4v) is 8.54. The number of rotatable bonds is 5. The van der Waals surface area contributed by atoms with E-state index in [1.165, 1.54) is 17.5 Å². The Bertz CT molecular complexity index is 1110. The lowest BCUT2D eigenvalue weighted by atomic mass is 10.1. The van der Waals surface area contributed by atoms with Crippen LogP contribution in [-0.4, -0.2) is 95.2 Å². The maximum Gasteiger partial charge on any atom is 0.246 e. The number of amides is 1. The van der Waals surface area contributed by atoms with Gasteiger partial charge in [0.1, 0.15) is 13.2 Å². The van der Waals surface area contributed by atoms with Crippen LogP contribution in [0.1, 0.15) is 12.0 Å². The molecule has 3 aliphatic heterocycles. The third-order valence-electron chi connectivity index (χ3n) is 5.79. The second-order valence-corrected chi connectivity index (χ2v) is 12.3. The van der Waals surface area contributed by atoms with Gasteiger partial charge in [-0.1, -0.05) is 0 Å². The van der Waals surface area contributed by atoms with Crippen molar-refractivity contribution in [3.05, 3.63) is 23.8 Å². The second-order valence-electron chi connectivity index (χ2n) is 7.88. The first-order valence-electron chi connectivity index (χ1n) is 10.3. The minimum atomic E-state index is -3.70. The Morgan fingerprint density at radius 3 is 2.53 bits per heavy atom. The molecule has 12 heteroatoms. The van der Waals surface area contributed by atoms with E-state index in [0.29, 0.717) is 36.0 Å². The second kappa shape index (κ2) is 8.91. The largest absolute Gasteiger partial charge is 0.493 e. The number of sulfone groups is 1. The van der Waals surface area contributed by atoms with Gasteiger partial charge in [0.2, 0.25) is 21.7 Å². The van der Waals surface area contributed by atoms with Gasteiger partial charge in [0, 0.05) is 32.3 Å². The van der Waals surface area contributed by atoms with Gasteiger partial charge in [0.25, 0.3) is 0 Å². The van der Waals surface area contributed by atoms with Crippen LogP contribution in [0.25, 0.3) is 6.08 Å². The molecular formula is C20H26N2O8S2. The van der Waals surface area contributed by atoms with Crippen molar-refractivity contribution in [3.63, 3.8) is 0 Å². The van der Waals surface area contributed by atoms with Gasteiger partial charge in [-0.2, -0.15) is 4.31 Å². The highest BCUT2D eigenvalue weighted by molar-refractivity contribution is 7.95. The van der Waals surface area contributed by atoms with Crippen LogP contribution >= 0.6 is 0 Å². The van der Waals surface area contributed by atoms with Gasteiger partial charge >= 0.3 is 0 Å². The fraction of sp³-hybridized carbons (Fsp3) is 0.550. The molecule has 3 heterocycles. The lowest BCUT2D eigenvalue weighted by Crippen LogP contribution is -2.52. The van der Waals surface area contributed by atoms with Crippen molar-refractivity contribution in [1.82, 2.24) is 9.21 Å². The predicted molar refractivity (Wildman–Crippen MR) is 117 cm³/mol. The molecule has 1 aromatic rings. The van der Waals surface area contributed by atoms with Crippen LogP contribution in [0.15, 0.2) is 18.2 Å². The molecule has 0 radical (unpaired) electrons. The molecule has 1 atom stereocenters. The maximum absolute atomic E-state index is 12.8. The minimum Gasteiger partial charge on any atom is -0.493 e. The van der Waals surface area contributed by atoms with Gasteiger partial charge in [-0.25, -0.2) is 16.8 Å². The quantitative estimate of drug-likeness (QED) is 0.539. The molecule has 0 saturated carbocycles. The summed E-state index contributed by atoms with van der Waals surface area (Å²) in [4.78, 5) is 14.2. The van der Waals surface area contributed by atoms with Crippen molar-refractivity contribution in [1.29, 1.82) is 0 Å². The number of methoxy groups -OCH3 is 1. The number of carbonyl (C=O) groups is 1. The van der Waals surface area contributed by atoms with Crippen LogP contribution in [0, 0.1) is 0 Å². The van der Waals surface area contributed by atoms with E-state index in [1.54, 1.807) is 23.1 Å². The van der Waals surface area contributed by atoms with Crippen molar-refractivity contribution in [3.8, 4) is 17.2 Å². The van der Waals surface area contributed by atoms with Crippen LogP contribution in [0.4, 0.5) is 0 Å². The topological polar surface area (TPSA) is 120 Å². The van der Waals surface area contributed by atoms with Crippen molar-refractivity contribution in [2.45, 2.75) is 11.7 Å². The summed E-state index contributed by atoms with van der Waals surface area (Å²) in [7, 11) is -5.46. The number of ether oxygens (including phenoxy) is 3. The first kappa shape index (κ1) is 22.9. The van der Waals surface area contributed by atoms with Crippen LogP contribution in [0.2, 0.25) is 0 Å². The molecule has 1 amide bonds. The molecule has 1 unspecified atom stereocenters. The molecule has 2 fully saturated rings. The summed E-state index contributed by atoms with van der Waals surface area (Å²) in [5.41, 5.74) is 0.711. The van der Waals surface area contributed by atoms with Gasteiger partial charge in [-0.05, 0) is 30.2 Å². The number of carbonyl (C=O) groups excluding carboxylic acids is 1. The normalized spacial score (nSPS) is 23.4. The Labute approximate surface area is 187 Å². The van der Waals surface area contributed by atoms with Crippen molar-refractivity contribution in [2.24, 2.45) is 0 Å². The third kappa shape index (κ3) is 4.71. The zero-order chi connectivity index (χ0) is 22.9. The molecule has 0 bridgehead atoms. The molecule has 0 aromatic heterocycles. The van der Waals surface area contributed by atoms with Crippen molar-refractivity contribution >= 4 is 31.8 Å². The molecule has 4 rings (SSSR count). The van der Waals surface area contributed by atoms with Gasteiger partial charge in [0.15, 0.2) is 21.3 Å². The smallest absolute Gasteiger partial charge is 0.246 e. The average Bonchev–Trinajstić information content (AvgIpc) is 3.17. The van der Waals surface area contributed by atoms with E-state index in [0.717, 1.165) is 0 Å². The van der Waals surface area contributed by atoms with Crippen LogP contribution in [0.5, 0.6) is 17.2 Å². The van der Waals surface area contributed by atoms with Crippen molar-refractivity contribution < 1.29 is 35.8 Å². The third-order valence-corrected chi connectivity index (χ3v) is 10.1. The van der Waals surface area contributed by atoms with E-state index in [4.69, 9.17) is 14.2 Å². The molecule has 0 spiro atoms. The number of nitrogens with zero attached hydrogens (tertiary/aromatic N) is 2. The molecule has 176 valence electrons. The number of sulfonamides is 1. The first-order valence-corrected chi connectivity index (χ1v) is 13.7. The highest BCUT2D eigenvalue weighted by Gasteiger charge is 2.41. The minimum absolute atomic E-state index is 0.0925. The monoisotopic (exact) mass is 486 g/mol. The number of benzene rings is 1. The zero-order valence-corrected chi connectivity index (χ0v) is 19.4. The highest BCUT2D eigenvalue weighted by atomic mass is 32.2. The molecule has 10 nitrogen and oxygen atoms in total. The molecule has 3 aliphatic rings. The zero-order valence-electron chi connectivity index (χ0n) is 17.7. The van der Waals surface area contributed by atoms with E-state index >= 15 is 0 Å². The molecule has 2 saturated heterocycles. The number of hydrogen-bond acceptors (Lipinski definition) is 8. The van der Waals surface area contributed by atoms with Crippen LogP contribution in [0.3, 0.4) is 0 Å². The summed E-state index contributed by atoms with van der Waals surface area (Å²) >= 11 is 0. The van der Waals surface area contributed by atoms with Crippen LogP contribution in [-0.2, 0) is 24.7 Å². The Kier molecular flexibility index (Phi) is 6.37. The first-order chi connectivity index (χ1) is 15.2. The molecule has 32 heavy (non-hydrogen) atoms. The van der Waals surface area contributed by atoms with Gasteiger partial charge in [-0.3, -0.25) is 4.79 Å². The van der Waals surface area contributed by atoms with Gasteiger partial charge in [-0.15, -0.1) is 0 Å². The Morgan fingerprint density at radius 2 is 1.88 bits per heavy atom.